The lowest BCUT2D eigenvalue weighted by Crippen LogP contribution is -2.60. The Balaban J connectivity index is 0.000000343. The average Bonchev–Trinajstić information content (AvgIpc) is 2.37. The normalized spacial score (nSPS) is 20.0. The van der Waals surface area contributed by atoms with E-state index in [1.54, 1.807) is 0 Å². The SMILES string of the molecule is CN1CC2(CCCNC2)C1.O=C(O)C(F)(F)F.O=C(O)C(F)(F)F. The van der Waals surface area contributed by atoms with E-state index in [0.717, 1.165) is 0 Å². The first kappa shape index (κ1) is 22.4. The summed E-state index contributed by atoms with van der Waals surface area (Å²) >= 11 is 0. The van der Waals surface area contributed by atoms with Crippen LogP contribution in [-0.4, -0.2) is 72.6 Å². The highest BCUT2D eigenvalue weighted by molar-refractivity contribution is 5.73. The van der Waals surface area contributed by atoms with Crippen LogP contribution >= 0.6 is 0 Å². The maximum atomic E-state index is 10.6. The number of hydrogen-bond donors (Lipinski definition) is 3. The van der Waals surface area contributed by atoms with Gasteiger partial charge >= 0.3 is 24.3 Å². The number of nitrogens with zero attached hydrogens (tertiary/aromatic N) is 1. The van der Waals surface area contributed by atoms with Crippen molar-refractivity contribution in [2.75, 3.05) is 33.2 Å². The first-order valence-electron chi connectivity index (χ1n) is 6.69. The van der Waals surface area contributed by atoms with Gasteiger partial charge in [0.05, 0.1) is 0 Å². The largest absolute Gasteiger partial charge is 0.490 e. The van der Waals surface area contributed by atoms with Crippen molar-refractivity contribution in [3.8, 4) is 0 Å². The zero-order valence-corrected chi connectivity index (χ0v) is 12.7. The summed E-state index contributed by atoms with van der Waals surface area (Å²) in [4.78, 5) is 20.2. The number of nitrogens with one attached hydrogen (secondary N) is 1. The summed E-state index contributed by atoms with van der Waals surface area (Å²) in [5.74, 6) is -5.51. The van der Waals surface area contributed by atoms with Crippen molar-refractivity contribution in [3.05, 3.63) is 0 Å². The van der Waals surface area contributed by atoms with Crippen LogP contribution in [0.5, 0.6) is 0 Å². The van der Waals surface area contributed by atoms with Gasteiger partial charge in [-0.05, 0) is 26.4 Å². The molecule has 0 aromatic heterocycles. The Kier molecular flexibility index (Phi) is 7.96. The van der Waals surface area contributed by atoms with E-state index in [0.29, 0.717) is 5.41 Å². The summed E-state index contributed by atoms with van der Waals surface area (Å²) in [6, 6.07) is 0. The number of rotatable bonds is 0. The third-order valence-corrected chi connectivity index (χ3v) is 3.26. The van der Waals surface area contributed by atoms with Crippen molar-refractivity contribution in [1.82, 2.24) is 10.2 Å². The fourth-order valence-electron chi connectivity index (χ4n) is 2.40. The maximum Gasteiger partial charge on any atom is 0.490 e. The zero-order chi connectivity index (χ0) is 19.2. The highest BCUT2D eigenvalue weighted by Crippen LogP contribution is 2.34. The van der Waals surface area contributed by atoms with Crippen LogP contribution in [0.4, 0.5) is 26.3 Å². The molecule has 142 valence electrons. The van der Waals surface area contributed by atoms with E-state index in [4.69, 9.17) is 19.8 Å². The predicted octanol–water partition coefficient (Wildman–Crippen LogP) is 1.57. The number of carbonyl (C=O) groups is 2. The molecule has 2 saturated heterocycles. The van der Waals surface area contributed by atoms with Crippen molar-refractivity contribution in [3.63, 3.8) is 0 Å². The molecule has 0 amide bonds. The third kappa shape index (κ3) is 8.34. The first-order valence-corrected chi connectivity index (χ1v) is 6.69. The molecule has 6 nitrogen and oxygen atoms in total. The van der Waals surface area contributed by atoms with Gasteiger partial charge in [-0.1, -0.05) is 0 Å². The fraction of sp³-hybridized carbons (Fsp3) is 0.833. The van der Waals surface area contributed by atoms with Crippen LogP contribution in [-0.2, 0) is 9.59 Å². The lowest BCUT2D eigenvalue weighted by Gasteiger charge is -2.51. The molecule has 24 heavy (non-hydrogen) atoms. The minimum absolute atomic E-state index is 0.688. The van der Waals surface area contributed by atoms with Gasteiger partial charge in [0.15, 0.2) is 0 Å². The highest BCUT2D eigenvalue weighted by atomic mass is 19.4. The molecule has 0 aliphatic carbocycles. The summed E-state index contributed by atoms with van der Waals surface area (Å²) in [6.45, 7) is 5.14. The summed E-state index contributed by atoms with van der Waals surface area (Å²) in [5, 5.41) is 17.7. The van der Waals surface area contributed by atoms with Crippen molar-refractivity contribution in [2.45, 2.75) is 25.2 Å². The van der Waals surface area contributed by atoms with E-state index in [2.05, 4.69) is 17.3 Å². The van der Waals surface area contributed by atoms with Gasteiger partial charge in [0, 0.05) is 25.0 Å². The molecule has 0 radical (unpaired) electrons. The summed E-state index contributed by atoms with van der Waals surface area (Å²) < 4.78 is 63.5. The molecule has 2 aliphatic heterocycles. The van der Waals surface area contributed by atoms with Gasteiger partial charge in [-0.2, -0.15) is 26.3 Å². The van der Waals surface area contributed by atoms with Gasteiger partial charge in [0.2, 0.25) is 0 Å². The van der Waals surface area contributed by atoms with Gasteiger partial charge in [-0.15, -0.1) is 0 Å². The van der Waals surface area contributed by atoms with Crippen molar-refractivity contribution < 1.29 is 46.1 Å². The molecule has 1 spiro atoms. The molecule has 2 aliphatic rings. The van der Waals surface area contributed by atoms with Crippen LogP contribution in [0.3, 0.4) is 0 Å². The Labute approximate surface area is 133 Å². The molecule has 12 heteroatoms. The molecule has 2 heterocycles. The molecule has 0 aromatic rings. The van der Waals surface area contributed by atoms with E-state index in [1.165, 1.54) is 39.0 Å². The van der Waals surface area contributed by atoms with Crippen LogP contribution in [0.25, 0.3) is 0 Å². The number of likely N-dealkylation sites (tertiary alicyclic amines) is 1. The number of piperidine rings is 1. The van der Waals surface area contributed by atoms with E-state index < -0.39 is 24.3 Å². The molecular weight excluding hydrogens is 350 g/mol. The van der Waals surface area contributed by atoms with E-state index in [1.807, 2.05) is 0 Å². The molecule has 0 saturated carbocycles. The Morgan fingerprint density at radius 1 is 1.00 bits per heavy atom. The van der Waals surface area contributed by atoms with Crippen LogP contribution < -0.4 is 5.32 Å². The molecule has 0 aromatic carbocycles. The molecule has 0 bridgehead atoms. The topological polar surface area (TPSA) is 89.9 Å². The summed E-state index contributed by atoms with van der Waals surface area (Å²) in [7, 11) is 2.21. The molecule has 0 atom stereocenters. The van der Waals surface area contributed by atoms with E-state index in [-0.39, 0.29) is 0 Å². The number of hydrogen-bond acceptors (Lipinski definition) is 4. The molecule has 0 unspecified atom stereocenters. The van der Waals surface area contributed by atoms with E-state index >= 15 is 0 Å². The van der Waals surface area contributed by atoms with Crippen molar-refractivity contribution in [2.24, 2.45) is 5.41 Å². The second-order valence-corrected chi connectivity index (χ2v) is 5.56. The zero-order valence-electron chi connectivity index (χ0n) is 12.7. The number of alkyl halides is 6. The summed E-state index contributed by atoms with van der Waals surface area (Å²) in [6.07, 6.45) is -7.34. The minimum atomic E-state index is -5.08. The van der Waals surface area contributed by atoms with Gasteiger partial charge in [0.25, 0.3) is 0 Å². The smallest absolute Gasteiger partial charge is 0.475 e. The second kappa shape index (κ2) is 8.51. The van der Waals surface area contributed by atoms with Gasteiger partial charge in [0.1, 0.15) is 0 Å². The number of carboxylic acid groups (broad SMARTS) is 2. The summed E-state index contributed by atoms with van der Waals surface area (Å²) in [5.41, 5.74) is 0.688. The lowest BCUT2D eigenvalue weighted by atomic mass is 9.74. The van der Waals surface area contributed by atoms with Crippen molar-refractivity contribution in [1.29, 1.82) is 0 Å². The quantitative estimate of drug-likeness (QED) is 0.563. The molecule has 3 N–H and O–H groups in total. The average molecular weight is 368 g/mol. The predicted molar refractivity (Wildman–Crippen MR) is 69.4 cm³/mol. The Hall–Kier alpha value is -1.56. The molecular formula is C12H18F6N2O4. The number of aliphatic carboxylic acids is 2. The van der Waals surface area contributed by atoms with Crippen LogP contribution in [0.1, 0.15) is 12.8 Å². The Morgan fingerprint density at radius 2 is 1.38 bits per heavy atom. The maximum absolute atomic E-state index is 10.6. The Morgan fingerprint density at radius 3 is 1.58 bits per heavy atom. The van der Waals surface area contributed by atoms with Crippen LogP contribution in [0, 0.1) is 5.41 Å². The van der Waals surface area contributed by atoms with Crippen LogP contribution in [0.15, 0.2) is 0 Å². The fourth-order valence-corrected chi connectivity index (χ4v) is 2.40. The standard InChI is InChI=1S/C8H16N2.2C2HF3O2/c1-10-6-8(7-10)3-2-4-9-5-8;2*3-2(4,5)1(6)7/h9H,2-7H2,1H3;2*(H,6,7). The Bertz CT molecular complexity index is 393. The van der Waals surface area contributed by atoms with Gasteiger partial charge < -0.3 is 20.4 Å². The van der Waals surface area contributed by atoms with Gasteiger partial charge in [-0.25, -0.2) is 9.59 Å². The van der Waals surface area contributed by atoms with Gasteiger partial charge in [-0.3, -0.25) is 0 Å². The van der Waals surface area contributed by atoms with E-state index in [9.17, 15) is 26.3 Å². The third-order valence-electron chi connectivity index (χ3n) is 3.26. The van der Waals surface area contributed by atoms with Crippen molar-refractivity contribution >= 4 is 11.9 Å². The lowest BCUT2D eigenvalue weighted by molar-refractivity contribution is -0.193. The minimum Gasteiger partial charge on any atom is -0.475 e. The number of carboxylic acids is 2. The first-order chi connectivity index (χ1) is 10.7. The highest BCUT2D eigenvalue weighted by Gasteiger charge is 2.41. The molecule has 2 rings (SSSR count). The second-order valence-electron chi connectivity index (χ2n) is 5.56. The monoisotopic (exact) mass is 368 g/mol. The van der Waals surface area contributed by atoms with Crippen LogP contribution in [0.2, 0.25) is 0 Å². The number of halogens is 6. The molecule has 2 fully saturated rings.